The van der Waals surface area contributed by atoms with Gasteiger partial charge < -0.3 is 15.8 Å². The fourth-order valence-electron chi connectivity index (χ4n) is 1.75. The molecule has 0 saturated heterocycles. The molecule has 4 nitrogen and oxygen atoms in total. The number of anilines is 2. The third-order valence-electron chi connectivity index (χ3n) is 2.94. The highest BCUT2D eigenvalue weighted by Crippen LogP contribution is 2.19. The van der Waals surface area contributed by atoms with Crippen molar-refractivity contribution < 1.29 is 13.9 Å². The van der Waals surface area contributed by atoms with Gasteiger partial charge in [-0.25, -0.2) is 4.39 Å². The maximum Gasteiger partial charge on any atom is 0.253 e. The number of benzene rings is 1. The van der Waals surface area contributed by atoms with Crippen molar-refractivity contribution >= 4 is 28.6 Å². The summed E-state index contributed by atoms with van der Waals surface area (Å²) in [6.07, 6.45) is 0.169. The van der Waals surface area contributed by atoms with Crippen LogP contribution >= 0.6 is 11.3 Å². The van der Waals surface area contributed by atoms with Crippen LogP contribution in [0.5, 0.6) is 0 Å². The number of amides is 1. The van der Waals surface area contributed by atoms with Gasteiger partial charge in [0.2, 0.25) is 0 Å². The molecular weight excluding hydrogens is 291 g/mol. The first-order valence-electron chi connectivity index (χ1n) is 6.56. The molecule has 0 aliphatic heterocycles. The molecule has 0 spiro atoms. The van der Waals surface area contributed by atoms with Crippen molar-refractivity contribution in [2.45, 2.75) is 19.4 Å². The Morgan fingerprint density at radius 1 is 1.48 bits per heavy atom. The molecule has 6 heteroatoms. The lowest BCUT2D eigenvalue weighted by molar-refractivity contribution is -0.126. The molecular formula is C15H17FN2O2S. The first-order valence-corrected chi connectivity index (χ1v) is 7.44. The number of ether oxygens (including phenoxy) is 1. The highest BCUT2D eigenvalue weighted by atomic mass is 32.1. The highest BCUT2D eigenvalue weighted by molar-refractivity contribution is 7.09. The monoisotopic (exact) mass is 308 g/mol. The summed E-state index contributed by atoms with van der Waals surface area (Å²) in [4.78, 5) is 13.2. The Bertz CT molecular complexity index is 602. The number of nitrogens with one attached hydrogen (secondary N) is 1. The van der Waals surface area contributed by atoms with E-state index in [9.17, 15) is 9.18 Å². The predicted molar refractivity (Wildman–Crippen MR) is 82.9 cm³/mol. The molecule has 0 fully saturated rings. The van der Waals surface area contributed by atoms with Crippen LogP contribution in [0.1, 0.15) is 11.8 Å². The number of nitrogens with two attached hydrogens (primary N) is 1. The molecule has 0 aliphatic rings. The molecule has 1 aromatic heterocycles. The third kappa shape index (κ3) is 4.54. The standard InChI is InChI=1S/C15H17FN2O2S/c1-10(20-7-6-12-3-2-8-21-12)15(19)18-14-5-4-11(16)9-13(14)17/h2-5,8-10H,6-7,17H2,1H3,(H,18,19). The number of nitrogen functional groups attached to an aromatic ring is 1. The fourth-order valence-corrected chi connectivity index (χ4v) is 2.44. The van der Waals surface area contributed by atoms with E-state index in [1.54, 1.807) is 18.3 Å². The van der Waals surface area contributed by atoms with Crippen molar-refractivity contribution in [1.29, 1.82) is 0 Å². The summed E-state index contributed by atoms with van der Waals surface area (Å²) >= 11 is 1.66. The van der Waals surface area contributed by atoms with Crippen LogP contribution in [0.25, 0.3) is 0 Å². The average molecular weight is 308 g/mol. The van der Waals surface area contributed by atoms with E-state index in [2.05, 4.69) is 5.32 Å². The Hall–Kier alpha value is -1.92. The van der Waals surface area contributed by atoms with Crippen LogP contribution in [0, 0.1) is 5.82 Å². The lowest BCUT2D eigenvalue weighted by Crippen LogP contribution is -2.28. The molecule has 21 heavy (non-hydrogen) atoms. The van der Waals surface area contributed by atoms with Gasteiger partial charge in [0.25, 0.3) is 5.91 Å². The van der Waals surface area contributed by atoms with Crippen LogP contribution in [0.2, 0.25) is 0 Å². The van der Waals surface area contributed by atoms with Crippen LogP contribution < -0.4 is 11.1 Å². The number of carbonyl (C=O) groups excluding carboxylic acids is 1. The Labute approximate surface area is 126 Å². The van der Waals surface area contributed by atoms with E-state index in [1.807, 2.05) is 17.5 Å². The van der Waals surface area contributed by atoms with Crippen molar-refractivity contribution in [2.24, 2.45) is 0 Å². The van der Waals surface area contributed by atoms with Gasteiger partial charge in [-0.05, 0) is 36.6 Å². The van der Waals surface area contributed by atoms with Crippen molar-refractivity contribution in [1.82, 2.24) is 0 Å². The lowest BCUT2D eigenvalue weighted by atomic mass is 10.2. The summed E-state index contributed by atoms with van der Waals surface area (Å²) in [7, 11) is 0. The Morgan fingerprint density at radius 3 is 2.95 bits per heavy atom. The van der Waals surface area contributed by atoms with E-state index >= 15 is 0 Å². The van der Waals surface area contributed by atoms with Gasteiger partial charge in [-0.3, -0.25) is 4.79 Å². The topological polar surface area (TPSA) is 64.3 Å². The summed E-state index contributed by atoms with van der Waals surface area (Å²) in [5.74, 6) is -0.745. The van der Waals surface area contributed by atoms with Gasteiger partial charge in [-0.2, -0.15) is 0 Å². The molecule has 0 aliphatic carbocycles. The summed E-state index contributed by atoms with van der Waals surface area (Å²) in [5.41, 5.74) is 6.21. The van der Waals surface area contributed by atoms with Crippen molar-refractivity contribution in [3.63, 3.8) is 0 Å². The van der Waals surface area contributed by atoms with E-state index in [1.165, 1.54) is 17.0 Å². The Morgan fingerprint density at radius 2 is 2.29 bits per heavy atom. The minimum Gasteiger partial charge on any atom is -0.397 e. The third-order valence-corrected chi connectivity index (χ3v) is 3.87. The molecule has 2 rings (SSSR count). The number of thiophene rings is 1. The smallest absolute Gasteiger partial charge is 0.253 e. The van der Waals surface area contributed by atoms with Gasteiger partial charge in [0.05, 0.1) is 18.0 Å². The van der Waals surface area contributed by atoms with E-state index in [4.69, 9.17) is 10.5 Å². The first-order chi connectivity index (χ1) is 10.1. The lowest BCUT2D eigenvalue weighted by Gasteiger charge is -2.14. The molecule has 1 heterocycles. The Kier molecular flexibility index (Phi) is 5.30. The van der Waals surface area contributed by atoms with Gasteiger partial charge in [0.15, 0.2) is 0 Å². The second-order valence-electron chi connectivity index (χ2n) is 4.56. The van der Waals surface area contributed by atoms with E-state index < -0.39 is 11.9 Å². The van der Waals surface area contributed by atoms with Crippen LogP contribution in [-0.2, 0) is 16.0 Å². The average Bonchev–Trinajstić information content (AvgIpc) is 2.95. The molecule has 1 amide bonds. The van der Waals surface area contributed by atoms with Gasteiger partial charge >= 0.3 is 0 Å². The number of hydrogen-bond donors (Lipinski definition) is 2. The van der Waals surface area contributed by atoms with E-state index in [-0.39, 0.29) is 11.6 Å². The van der Waals surface area contributed by atoms with Crippen molar-refractivity contribution in [2.75, 3.05) is 17.7 Å². The second kappa shape index (κ2) is 7.19. The largest absolute Gasteiger partial charge is 0.397 e. The summed E-state index contributed by atoms with van der Waals surface area (Å²) < 4.78 is 18.4. The van der Waals surface area contributed by atoms with E-state index in [0.717, 1.165) is 12.5 Å². The quantitative estimate of drug-likeness (QED) is 0.806. The van der Waals surface area contributed by atoms with Crippen molar-refractivity contribution in [3.05, 3.63) is 46.4 Å². The maximum atomic E-state index is 12.9. The van der Waals surface area contributed by atoms with Gasteiger partial charge in [-0.1, -0.05) is 6.07 Å². The molecule has 0 bridgehead atoms. The molecule has 2 aromatic rings. The van der Waals surface area contributed by atoms with Gasteiger partial charge in [-0.15, -0.1) is 11.3 Å². The van der Waals surface area contributed by atoms with Crippen LogP contribution in [0.4, 0.5) is 15.8 Å². The summed E-state index contributed by atoms with van der Waals surface area (Å²) in [6.45, 7) is 2.14. The predicted octanol–water partition coefficient (Wildman–Crippen LogP) is 3.06. The number of hydrogen-bond acceptors (Lipinski definition) is 4. The SMILES string of the molecule is CC(OCCc1cccs1)C(=O)Nc1ccc(F)cc1N. The summed E-state index contributed by atoms with van der Waals surface area (Å²) in [5, 5.41) is 4.63. The molecule has 3 N–H and O–H groups in total. The second-order valence-corrected chi connectivity index (χ2v) is 5.60. The van der Waals surface area contributed by atoms with Crippen LogP contribution in [-0.4, -0.2) is 18.6 Å². The molecule has 1 atom stereocenters. The van der Waals surface area contributed by atoms with Gasteiger partial charge in [0, 0.05) is 11.3 Å². The molecule has 112 valence electrons. The fraction of sp³-hybridized carbons (Fsp3) is 0.267. The van der Waals surface area contributed by atoms with Gasteiger partial charge in [0.1, 0.15) is 11.9 Å². The molecule has 1 unspecified atom stereocenters. The minimum atomic E-state index is -0.602. The molecule has 1 aromatic carbocycles. The van der Waals surface area contributed by atoms with Crippen LogP contribution in [0.15, 0.2) is 35.7 Å². The summed E-state index contributed by atoms with van der Waals surface area (Å²) in [6, 6.07) is 7.85. The number of halogens is 1. The van der Waals surface area contributed by atoms with E-state index in [0.29, 0.717) is 12.3 Å². The normalized spacial score (nSPS) is 12.1. The number of carbonyl (C=O) groups is 1. The number of rotatable bonds is 6. The zero-order valence-electron chi connectivity index (χ0n) is 11.6. The zero-order valence-corrected chi connectivity index (χ0v) is 12.5. The maximum absolute atomic E-state index is 12.9. The van der Waals surface area contributed by atoms with Crippen molar-refractivity contribution in [3.8, 4) is 0 Å². The highest BCUT2D eigenvalue weighted by Gasteiger charge is 2.14. The zero-order chi connectivity index (χ0) is 15.2. The van der Waals surface area contributed by atoms with Crippen LogP contribution in [0.3, 0.4) is 0 Å². The minimum absolute atomic E-state index is 0.189. The molecule has 0 saturated carbocycles. The molecule has 0 radical (unpaired) electrons. The Balaban J connectivity index is 1.81. The first kappa shape index (κ1) is 15.5.